The van der Waals surface area contributed by atoms with Gasteiger partial charge in [-0.3, -0.25) is 4.79 Å². The first-order valence-corrected chi connectivity index (χ1v) is 10.6. The van der Waals surface area contributed by atoms with E-state index >= 15 is 0 Å². The molecule has 0 heterocycles. The normalized spacial score (nSPS) is 11.4. The third kappa shape index (κ3) is 4.36. The van der Waals surface area contributed by atoms with Crippen LogP contribution in [0.4, 0.5) is 10.1 Å². The van der Waals surface area contributed by atoms with Gasteiger partial charge in [-0.1, -0.05) is 36.4 Å². The number of anilines is 1. The van der Waals surface area contributed by atoms with Crippen molar-refractivity contribution in [1.82, 2.24) is 4.72 Å². The van der Waals surface area contributed by atoms with Gasteiger partial charge in [-0.05, 0) is 48.0 Å². The number of carbonyl (C=O) groups is 1. The van der Waals surface area contributed by atoms with Crippen LogP contribution in [0, 0.1) is 5.82 Å². The van der Waals surface area contributed by atoms with Crippen molar-refractivity contribution in [2.45, 2.75) is 11.8 Å². The molecule has 3 rings (SSSR count). The number of halogens is 1. The van der Waals surface area contributed by atoms with E-state index in [0.717, 1.165) is 22.9 Å². The second-order valence-electron chi connectivity index (χ2n) is 6.37. The van der Waals surface area contributed by atoms with E-state index in [9.17, 15) is 17.6 Å². The highest BCUT2D eigenvalue weighted by Crippen LogP contribution is 2.25. The fourth-order valence-electron chi connectivity index (χ4n) is 3.03. The highest BCUT2D eigenvalue weighted by atomic mass is 32.2. The van der Waals surface area contributed by atoms with Crippen LogP contribution >= 0.6 is 0 Å². The Morgan fingerprint density at radius 3 is 2.52 bits per heavy atom. The van der Waals surface area contributed by atoms with Crippen LogP contribution in [0.5, 0.6) is 0 Å². The highest BCUT2D eigenvalue weighted by Gasteiger charge is 2.23. The number of sulfonamides is 1. The van der Waals surface area contributed by atoms with Crippen LogP contribution in [0.2, 0.25) is 0 Å². The molecule has 0 aliphatic rings. The van der Waals surface area contributed by atoms with E-state index in [4.69, 9.17) is 0 Å². The smallest absolute Gasteiger partial charge is 0.258 e. The maximum absolute atomic E-state index is 14.2. The summed E-state index contributed by atoms with van der Waals surface area (Å²) in [7, 11) is -4.10. The third-order valence-corrected chi connectivity index (χ3v) is 5.93. The standard InChI is InChI=1S/C22H21FN2O3S/c1-3-13-24-29(27,28)21-15-18(10-12-20(21)23)22(26)25(4-2)19-11-9-16-7-5-6-8-17(16)14-19/h3,5-12,14-15,24H,1,4,13H2,2H3. The summed E-state index contributed by atoms with van der Waals surface area (Å²) in [6.07, 6.45) is 1.35. The fraction of sp³-hybridized carbons (Fsp3) is 0.136. The van der Waals surface area contributed by atoms with Gasteiger partial charge in [-0.2, -0.15) is 0 Å². The second-order valence-corrected chi connectivity index (χ2v) is 8.10. The van der Waals surface area contributed by atoms with E-state index in [1.54, 1.807) is 0 Å². The molecular weight excluding hydrogens is 391 g/mol. The minimum Gasteiger partial charge on any atom is -0.309 e. The van der Waals surface area contributed by atoms with E-state index < -0.39 is 26.6 Å². The topological polar surface area (TPSA) is 66.5 Å². The van der Waals surface area contributed by atoms with Crippen molar-refractivity contribution in [1.29, 1.82) is 0 Å². The van der Waals surface area contributed by atoms with Crippen LogP contribution in [0.1, 0.15) is 17.3 Å². The molecule has 0 aliphatic heterocycles. The van der Waals surface area contributed by atoms with Gasteiger partial charge in [0.2, 0.25) is 10.0 Å². The van der Waals surface area contributed by atoms with Crippen molar-refractivity contribution in [2.75, 3.05) is 18.0 Å². The van der Waals surface area contributed by atoms with E-state index in [-0.39, 0.29) is 12.1 Å². The Hall–Kier alpha value is -3.03. The number of hydrogen-bond donors (Lipinski definition) is 1. The predicted molar refractivity (Wildman–Crippen MR) is 113 cm³/mol. The Bertz CT molecular complexity index is 1180. The van der Waals surface area contributed by atoms with Crippen LogP contribution in [0.15, 0.2) is 78.2 Å². The quantitative estimate of drug-likeness (QED) is 0.594. The minimum atomic E-state index is -4.10. The number of nitrogens with zero attached hydrogens (tertiary/aromatic N) is 1. The number of hydrogen-bond acceptors (Lipinski definition) is 3. The van der Waals surface area contributed by atoms with E-state index in [0.29, 0.717) is 12.2 Å². The van der Waals surface area contributed by atoms with Crippen LogP contribution in [-0.2, 0) is 10.0 Å². The molecule has 1 N–H and O–H groups in total. The monoisotopic (exact) mass is 412 g/mol. The zero-order valence-electron chi connectivity index (χ0n) is 15.9. The molecular formula is C22H21FN2O3S. The number of fused-ring (bicyclic) bond motifs is 1. The molecule has 0 spiro atoms. The molecule has 5 nitrogen and oxygen atoms in total. The summed E-state index contributed by atoms with van der Waals surface area (Å²) >= 11 is 0. The summed E-state index contributed by atoms with van der Waals surface area (Å²) in [6, 6.07) is 16.8. The zero-order valence-corrected chi connectivity index (χ0v) is 16.7. The fourth-order valence-corrected chi connectivity index (χ4v) is 4.13. The van der Waals surface area contributed by atoms with Gasteiger partial charge in [0.1, 0.15) is 10.7 Å². The molecule has 3 aromatic rings. The lowest BCUT2D eigenvalue weighted by Gasteiger charge is -2.22. The molecule has 29 heavy (non-hydrogen) atoms. The Balaban J connectivity index is 1.99. The maximum Gasteiger partial charge on any atom is 0.258 e. The number of nitrogens with one attached hydrogen (secondary N) is 1. The van der Waals surface area contributed by atoms with Crippen molar-refractivity contribution in [3.8, 4) is 0 Å². The number of carbonyl (C=O) groups excluding carboxylic acids is 1. The average Bonchev–Trinajstić information content (AvgIpc) is 2.73. The molecule has 0 radical (unpaired) electrons. The lowest BCUT2D eigenvalue weighted by Crippen LogP contribution is -2.31. The molecule has 7 heteroatoms. The molecule has 0 saturated carbocycles. The molecule has 0 saturated heterocycles. The van der Waals surface area contributed by atoms with Crippen molar-refractivity contribution >= 4 is 32.4 Å². The van der Waals surface area contributed by atoms with Crippen molar-refractivity contribution in [3.05, 3.63) is 84.7 Å². The van der Waals surface area contributed by atoms with Gasteiger partial charge in [0.25, 0.3) is 5.91 Å². The lowest BCUT2D eigenvalue weighted by atomic mass is 10.1. The molecule has 0 atom stereocenters. The summed E-state index contributed by atoms with van der Waals surface area (Å²) in [4.78, 5) is 14.0. The number of rotatable bonds is 7. The molecule has 0 unspecified atom stereocenters. The average molecular weight is 412 g/mol. The Labute approximate surface area is 169 Å². The summed E-state index contributed by atoms with van der Waals surface area (Å²) in [5, 5.41) is 2.02. The molecule has 0 aliphatic carbocycles. The van der Waals surface area contributed by atoms with Gasteiger partial charge in [0, 0.05) is 24.3 Å². The van der Waals surface area contributed by atoms with Crippen LogP contribution in [0.3, 0.4) is 0 Å². The van der Waals surface area contributed by atoms with Gasteiger partial charge in [-0.25, -0.2) is 17.5 Å². The van der Waals surface area contributed by atoms with Gasteiger partial charge < -0.3 is 4.90 Å². The van der Waals surface area contributed by atoms with Crippen LogP contribution in [0.25, 0.3) is 10.8 Å². The van der Waals surface area contributed by atoms with Crippen LogP contribution < -0.4 is 9.62 Å². The van der Waals surface area contributed by atoms with Gasteiger partial charge >= 0.3 is 0 Å². The van der Waals surface area contributed by atoms with E-state index in [2.05, 4.69) is 11.3 Å². The second kappa shape index (κ2) is 8.55. The SMILES string of the molecule is C=CCNS(=O)(=O)c1cc(C(=O)N(CC)c2ccc3ccccc3c2)ccc1F. The zero-order chi connectivity index (χ0) is 21.0. The summed E-state index contributed by atoms with van der Waals surface area (Å²) in [6.45, 7) is 5.58. The number of benzene rings is 3. The molecule has 3 aromatic carbocycles. The summed E-state index contributed by atoms with van der Waals surface area (Å²) in [5.41, 5.74) is 0.759. The van der Waals surface area contributed by atoms with E-state index in [1.165, 1.54) is 17.0 Å². The third-order valence-electron chi connectivity index (χ3n) is 4.49. The minimum absolute atomic E-state index is 0.0435. The molecule has 0 fully saturated rings. The van der Waals surface area contributed by atoms with Gasteiger partial charge in [0.05, 0.1) is 0 Å². The summed E-state index contributed by atoms with van der Waals surface area (Å²) < 4.78 is 41.0. The van der Waals surface area contributed by atoms with E-state index in [1.807, 2.05) is 49.4 Å². The maximum atomic E-state index is 14.2. The Morgan fingerprint density at radius 2 is 1.83 bits per heavy atom. The van der Waals surface area contributed by atoms with Crippen LogP contribution in [-0.4, -0.2) is 27.4 Å². The predicted octanol–water partition coefficient (Wildman–Crippen LogP) is 4.11. The van der Waals surface area contributed by atoms with Crippen molar-refractivity contribution in [3.63, 3.8) is 0 Å². The Morgan fingerprint density at radius 1 is 1.10 bits per heavy atom. The molecule has 150 valence electrons. The molecule has 1 amide bonds. The molecule has 0 aromatic heterocycles. The van der Waals surface area contributed by atoms with Crippen molar-refractivity contribution < 1.29 is 17.6 Å². The van der Waals surface area contributed by atoms with Gasteiger partial charge in [-0.15, -0.1) is 6.58 Å². The highest BCUT2D eigenvalue weighted by molar-refractivity contribution is 7.89. The van der Waals surface area contributed by atoms with Crippen molar-refractivity contribution in [2.24, 2.45) is 0 Å². The first-order valence-electron chi connectivity index (χ1n) is 9.08. The largest absolute Gasteiger partial charge is 0.309 e. The first-order chi connectivity index (χ1) is 13.9. The Kier molecular flexibility index (Phi) is 6.10. The number of amides is 1. The molecule has 0 bridgehead atoms. The lowest BCUT2D eigenvalue weighted by molar-refractivity contribution is 0.0988. The first kappa shape index (κ1) is 20.7. The summed E-state index contributed by atoms with van der Waals surface area (Å²) in [5.74, 6) is -1.34. The van der Waals surface area contributed by atoms with Gasteiger partial charge in [0.15, 0.2) is 0 Å².